The van der Waals surface area contributed by atoms with Crippen molar-refractivity contribution in [1.82, 2.24) is 5.32 Å². The summed E-state index contributed by atoms with van der Waals surface area (Å²) in [4.78, 5) is 15.7. The minimum atomic E-state index is 0.146. The van der Waals surface area contributed by atoms with E-state index in [1.54, 1.807) is 11.3 Å². The predicted molar refractivity (Wildman–Crippen MR) is 92.6 cm³/mol. The van der Waals surface area contributed by atoms with Crippen LogP contribution in [0.1, 0.15) is 23.8 Å². The van der Waals surface area contributed by atoms with Crippen LogP contribution in [0.15, 0.2) is 41.8 Å². The summed E-state index contributed by atoms with van der Waals surface area (Å²) < 4.78 is 0. The molecule has 3 rings (SSSR count). The van der Waals surface area contributed by atoms with E-state index in [1.807, 2.05) is 6.07 Å². The van der Waals surface area contributed by atoms with Gasteiger partial charge in [-0.1, -0.05) is 24.3 Å². The molecule has 1 N–H and O–H groups in total. The Morgan fingerprint density at radius 2 is 2.18 bits per heavy atom. The van der Waals surface area contributed by atoms with Crippen LogP contribution in [0, 0.1) is 0 Å². The lowest BCUT2D eigenvalue weighted by molar-refractivity contribution is -0.121. The SMILES string of the molecule is C[C@H](CNC(=O)CCc1cccs1)N1CCc2ccccc21. The smallest absolute Gasteiger partial charge is 0.220 e. The van der Waals surface area contributed by atoms with Gasteiger partial charge in [0.25, 0.3) is 0 Å². The van der Waals surface area contributed by atoms with E-state index in [4.69, 9.17) is 0 Å². The molecule has 2 aromatic rings. The number of aryl methyl sites for hydroxylation is 1. The average Bonchev–Trinajstić information content (AvgIpc) is 3.19. The van der Waals surface area contributed by atoms with Gasteiger partial charge in [0.1, 0.15) is 0 Å². The van der Waals surface area contributed by atoms with Crippen molar-refractivity contribution in [2.24, 2.45) is 0 Å². The lowest BCUT2D eigenvalue weighted by Crippen LogP contribution is -2.41. The van der Waals surface area contributed by atoms with E-state index < -0.39 is 0 Å². The molecule has 1 amide bonds. The summed E-state index contributed by atoms with van der Waals surface area (Å²) in [5, 5.41) is 5.13. The summed E-state index contributed by atoms with van der Waals surface area (Å²) in [6.45, 7) is 3.94. The second-order valence-electron chi connectivity index (χ2n) is 5.80. The zero-order chi connectivity index (χ0) is 15.4. The highest BCUT2D eigenvalue weighted by Crippen LogP contribution is 2.28. The van der Waals surface area contributed by atoms with Gasteiger partial charge in [0.2, 0.25) is 5.91 Å². The van der Waals surface area contributed by atoms with Crippen molar-refractivity contribution in [1.29, 1.82) is 0 Å². The quantitative estimate of drug-likeness (QED) is 0.888. The molecule has 0 saturated heterocycles. The molecule has 1 atom stereocenters. The number of benzene rings is 1. The van der Waals surface area contributed by atoms with E-state index in [-0.39, 0.29) is 5.91 Å². The van der Waals surface area contributed by atoms with Gasteiger partial charge in [0, 0.05) is 36.1 Å². The molecule has 1 aromatic heterocycles. The lowest BCUT2D eigenvalue weighted by atomic mass is 10.2. The van der Waals surface area contributed by atoms with Gasteiger partial charge >= 0.3 is 0 Å². The van der Waals surface area contributed by atoms with Gasteiger partial charge in [-0.15, -0.1) is 11.3 Å². The number of rotatable bonds is 6. The van der Waals surface area contributed by atoms with Gasteiger partial charge in [-0.25, -0.2) is 0 Å². The topological polar surface area (TPSA) is 32.3 Å². The number of carbonyl (C=O) groups excluding carboxylic acids is 1. The second-order valence-corrected chi connectivity index (χ2v) is 6.84. The molecule has 0 fully saturated rings. The van der Waals surface area contributed by atoms with Crippen molar-refractivity contribution in [3.8, 4) is 0 Å². The highest BCUT2D eigenvalue weighted by atomic mass is 32.1. The van der Waals surface area contributed by atoms with Crippen molar-refractivity contribution in [3.63, 3.8) is 0 Å². The van der Waals surface area contributed by atoms with Crippen LogP contribution in [0.2, 0.25) is 0 Å². The number of hydrogen-bond donors (Lipinski definition) is 1. The summed E-state index contributed by atoms with van der Waals surface area (Å²) in [7, 11) is 0. The molecule has 1 aromatic carbocycles. The Hall–Kier alpha value is -1.81. The highest BCUT2D eigenvalue weighted by molar-refractivity contribution is 7.09. The zero-order valence-electron chi connectivity index (χ0n) is 12.9. The van der Waals surface area contributed by atoms with E-state index in [2.05, 4.69) is 52.9 Å². The monoisotopic (exact) mass is 314 g/mol. The van der Waals surface area contributed by atoms with Gasteiger partial charge in [0.15, 0.2) is 0 Å². The summed E-state index contributed by atoms with van der Waals surface area (Å²) in [6.07, 6.45) is 2.51. The zero-order valence-corrected chi connectivity index (χ0v) is 13.7. The molecule has 2 heterocycles. The molecule has 116 valence electrons. The Balaban J connectivity index is 1.46. The number of thiophene rings is 1. The highest BCUT2D eigenvalue weighted by Gasteiger charge is 2.22. The number of anilines is 1. The summed E-state index contributed by atoms with van der Waals surface area (Å²) in [5.41, 5.74) is 2.74. The van der Waals surface area contributed by atoms with Crippen molar-refractivity contribution >= 4 is 22.9 Å². The predicted octanol–water partition coefficient (Wildman–Crippen LogP) is 3.25. The van der Waals surface area contributed by atoms with Crippen LogP contribution in [0.25, 0.3) is 0 Å². The first-order valence-electron chi connectivity index (χ1n) is 7.87. The van der Waals surface area contributed by atoms with Gasteiger partial charge in [0.05, 0.1) is 0 Å². The van der Waals surface area contributed by atoms with Gasteiger partial charge in [-0.05, 0) is 42.8 Å². The molecule has 0 saturated carbocycles. The number of carbonyl (C=O) groups is 1. The molecule has 1 aliphatic rings. The van der Waals surface area contributed by atoms with Crippen LogP contribution in [0.5, 0.6) is 0 Å². The van der Waals surface area contributed by atoms with Crippen LogP contribution in [0.3, 0.4) is 0 Å². The first-order chi connectivity index (χ1) is 10.7. The maximum Gasteiger partial charge on any atom is 0.220 e. The first-order valence-corrected chi connectivity index (χ1v) is 8.75. The Labute approximate surface area is 136 Å². The molecule has 0 spiro atoms. The molecule has 22 heavy (non-hydrogen) atoms. The minimum absolute atomic E-state index is 0.146. The number of nitrogens with zero attached hydrogens (tertiary/aromatic N) is 1. The fraction of sp³-hybridized carbons (Fsp3) is 0.389. The van der Waals surface area contributed by atoms with Crippen LogP contribution >= 0.6 is 11.3 Å². The Morgan fingerprint density at radius 3 is 3.00 bits per heavy atom. The molecular weight excluding hydrogens is 292 g/mol. The van der Waals surface area contributed by atoms with Crippen LogP contribution in [0.4, 0.5) is 5.69 Å². The van der Waals surface area contributed by atoms with Gasteiger partial charge < -0.3 is 10.2 Å². The summed E-state index contributed by atoms with van der Waals surface area (Å²) >= 11 is 1.71. The minimum Gasteiger partial charge on any atom is -0.366 e. The third kappa shape index (κ3) is 3.50. The van der Waals surface area contributed by atoms with E-state index >= 15 is 0 Å². The van der Waals surface area contributed by atoms with Crippen molar-refractivity contribution < 1.29 is 4.79 Å². The Morgan fingerprint density at radius 1 is 1.32 bits per heavy atom. The Bertz CT molecular complexity index is 624. The number of amides is 1. The van der Waals surface area contributed by atoms with Gasteiger partial charge in [-0.2, -0.15) is 0 Å². The molecule has 1 aliphatic heterocycles. The fourth-order valence-corrected chi connectivity index (χ4v) is 3.68. The van der Waals surface area contributed by atoms with Crippen molar-refractivity contribution in [2.45, 2.75) is 32.2 Å². The first kappa shape index (κ1) is 15.1. The van der Waals surface area contributed by atoms with E-state index in [0.717, 1.165) is 19.4 Å². The summed E-state index contributed by atoms with van der Waals surface area (Å²) in [5.74, 6) is 0.146. The van der Waals surface area contributed by atoms with Crippen molar-refractivity contribution in [3.05, 3.63) is 52.2 Å². The van der Waals surface area contributed by atoms with Crippen molar-refractivity contribution in [2.75, 3.05) is 18.0 Å². The molecule has 0 unspecified atom stereocenters. The van der Waals surface area contributed by atoms with E-state index in [0.29, 0.717) is 19.0 Å². The standard InChI is InChI=1S/C18H22N2OS/c1-14(20-11-10-15-5-2-3-7-17(15)20)13-19-18(21)9-8-16-6-4-12-22-16/h2-7,12,14H,8-11,13H2,1H3,(H,19,21)/t14-/m1/s1. The number of hydrogen-bond acceptors (Lipinski definition) is 3. The molecular formula is C18H22N2OS. The normalized spacial score (nSPS) is 14.7. The maximum atomic E-state index is 12.0. The lowest BCUT2D eigenvalue weighted by Gasteiger charge is -2.27. The Kier molecular flexibility index (Phi) is 4.78. The van der Waals surface area contributed by atoms with Gasteiger partial charge in [-0.3, -0.25) is 4.79 Å². The molecule has 3 nitrogen and oxygen atoms in total. The largest absolute Gasteiger partial charge is 0.366 e. The van der Waals surface area contributed by atoms with E-state index in [9.17, 15) is 4.79 Å². The number of fused-ring (bicyclic) bond motifs is 1. The average molecular weight is 314 g/mol. The second kappa shape index (κ2) is 6.97. The molecule has 4 heteroatoms. The maximum absolute atomic E-state index is 12.0. The molecule has 0 bridgehead atoms. The molecule has 0 radical (unpaired) electrons. The van der Waals surface area contributed by atoms with E-state index in [1.165, 1.54) is 16.1 Å². The number of para-hydroxylation sites is 1. The van der Waals surface area contributed by atoms with Crippen LogP contribution in [-0.4, -0.2) is 25.0 Å². The summed E-state index contributed by atoms with van der Waals surface area (Å²) in [6, 6.07) is 13.0. The third-order valence-electron chi connectivity index (χ3n) is 4.23. The van der Waals surface area contributed by atoms with Crippen LogP contribution in [-0.2, 0) is 17.6 Å². The molecule has 0 aliphatic carbocycles. The fourth-order valence-electron chi connectivity index (χ4n) is 2.97. The third-order valence-corrected chi connectivity index (χ3v) is 5.16. The number of nitrogens with one attached hydrogen (secondary N) is 1. The van der Waals surface area contributed by atoms with Crippen LogP contribution < -0.4 is 10.2 Å².